The highest BCUT2D eigenvalue weighted by Crippen LogP contribution is 2.38. The van der Waals surface area contributed by atoms with E-state index in [0.29, 0.717) is 11.1 Å². The van der Waals surface area contributed by atoms with Crippen molar-refractivity contribution >= 4 is 17.9 Å². The van der Waals surface area contributed by atoms with Gasteiger partial charge in [-0.1, -0.05) is 0 Å². The Hall–Kier alpha value is -2.28. The number of aliphatic hydroxyl groups is 1. The number of benzene rings is 1. The minimum Gasteiger partial charge on any atom is -0.467 e. The summed E-state index contributed by atoms with van der Waals surface area (Å²) in [4.78, 5) is 25.8. The minimum atomic E-state index is -1.52. The summed E-state index contributed by atoms with van der Waals surface area (Å²) in [5.74, 6) is -0.834. The van der Waals surface area contributed by atoms with Crippen LogP contribution in [0.1, 0.15) is 18.1 Å². The molecule has 0 fully saturated rings. The molecule has 100 valence electrons. The quantitative estimate of drug-likeness (QED) is 0.493. The molecule has 0 saturated heterocycles. The van der Waals surface area contributed by atoms with Gasteiger partial charge in [-0.05, 0) is 24.1 Å². The zero-order valence-electron chi connectivity index (χ0n) is 10.4. The Bertz CT molecular complexity index is 583. The van der Waals surface area contributed by atoms with Gasteiger partial charge in [0, 0.05) is 18.3 Å². The van der Waals surface area contributed by atoms with Crippen LogP contribution in [-0.4, -0.2) is 35.4 Å². The monoisotopic (exact) mass is 264 g/mol. The zero-order chi connectivity index (χ0) is 14.2. The van der Waals surface area contributed by atoms with Crippen LogP contribution >= 0.6 is 0 Å². The Morgan fingerprint density at radius 1 is 1.58 bits per heavy atom. The fourth-order valence-electron chi connectivity index (χ4n) is 2.04. The van der Waals surface area contributed by atoms with E-state index in [1.54, 1.807) is 0 Å². The van der Waals surface area contributed by atoms with E-state index in [0.717, 1.165) is 7.11 Å². The molecule has 1 heterocycles. The summed E-state index contributed by atoms with van der Waals surface area (Å²) in [5, 5.41) is 20.8. The van der Waals surface area contributed by atoms with Gasteiger partial charge in [-0.2, -0.15) is 0 Å². The van der Waals surface area contributed by atoms with Crippen molar-refractivity contribution in [1.82, 2.24) is 0 Å². The lowest BCUT2D eigenvalue weighted by molar-refractivity contribution is -0.385. The van der Waals surface area contributed by atoms with Crippen molar-refractivity contribution in [2.24, 2.45) is 4.99 Å². The predicted octanol–water partition coefficient (Wildman–Crippen LogP) is 0.776. The molecule has 0 aromatic heterocycles. The zero-order valence-corrected chi connectivity index (χ0v) is 10.4. The number of aliphatic imine (C=N–C) groups is 1. The van der Waals surface area contributed by atoms with Gasteiger partial charge in [0.1, 0.15) is 5.54 Å². The molecule has 0 saturated carbocycles. The third-order valence-electron chi connectivity index (χ3n) is 3.22. The van der Waals surface area contributed by atoms with Gasteiger partial charge in [-0.25, -0.2) is 4.79 Å². The molecular formula is C12H12N2O5. The Labute approximate surface area is 108 Å². The van der Waals surface area contributed by atoms with Gasteiger partial charge < -0.3 is 9.84 Å². The Balaban J connectivity index is 2.49. The summed E-state index contributed by atoms with van der Waals surface area (Å²) in [6, 6.07) is 4.20. The standard InChI is InChI=1S/C12H12N2O5/c1-12(10(15)11(16)19-2)9-5-8(14(17)18)4-3-7(9)6-13-12/h3-6,10,15H,1-2H3. The molecule has 19 heavy (non-hydrogen) atoms. The van der Waals surface area contributed by atoms with Crippen molar-refractivity contribution in [2.75, 3.05) is 7.11 Å². The largest absolute Gasteiger partial charge is 0.467 e. The molecule has 0 aliphatic carbocycles. The molecular weight excluding hydrogens is 252 g/mol. The van der Waals surface area contributed by atoms with Crippen LogP contribution in [0.4, 0.5) is 5.69 Å². The Morgan fingerprint density at radius 3 is 2.84 bits per heavy atom. The number of nitro benzene ring substituents is 1. The molecule has 2 unspecified atom stereocenters. The number of nitro groups is 1. The molecule has 2 atom stereocenters. The molecule has 2 rings (SSSR count). The molecule has 7 heteroatoms. The van der Waals surface area contributed by atoms with Crippen LogP contribution in [0.5, 0.6) is 0 Å². The molecule has 0 radical (unpaired) electrons. The molecule has 1 aliphatic rings. The van der Waals surface area contributed by atoms with Crippen molar-refractivity contribution in [3.05, 3.63) is 39.4 Å². The number of carbonyl (C=O) groups excluding carboxylic acids is 1. The van der Waals surface area contributed by atoms with E-state index >= 15 is 0 Å². The second-order valence-electron chi connectivity index (χ2n) is 4.36. The molecule has 1 aromatic rings. The second-order valence-corrected chi connectivity index (χ2v) is 4.36. The maximum absolute atomic E-state index is 11.5. The predicted molar refractivity (Wildman–Crippen MR) is 66.1 cm³/mol. The number of non-ortho nitro benzene ring substituents is 1. The fraction of sp³-hybridized carbons (Fsp3) is 0.333. The van der Waals surface area contributed by atoms with Gasteiger partial charge in [-0.15, -0.1) is 0 Å². The lowest BCUT2D eigenvalue weighted by Gasteiger charge is -2.26. The summed E-state index contributed by atoms with van der Waals surface area (Å²) in [5.41, 5.74) is -0.322. The van der Waals surface area contributed by atoms with Crippen LogP contribution in [0.25, 0.3) is 0 Å². The average molecular weight is 264 g/mol. The molecule has 1 N–H and O–H groups in total. The molecule has 1 aromatic carbocycles. The van der Waals surface area contributed by atoms with E-state index in [-0.39, 0.29) is 5.69 Å². The normalized spacial score (nSPS) is 21.8. The Morgan fingerprint density at radius 2 is 2.26 bits per heavy atom. The maximum atomic E-state index is 11.5. The first-order valence-electron chi connectivity index (χ1n) is 5.50. The third kappa shape index (κ3) is 1.97. The fourth-order valence-corrected chi connectivity index (χ4v) is 2.04. The van der Waals surface area contributed by atoms with Crippen molar-refractivity contribution in [3.8, 4) is 0 Å². The van der Waals surface area contributed by atoms with E-state index < -0.39 is 22.5 Å². The van der Waals surface area contributed by atoms with Gasteiger partial charge in [0.05, 0.1) is 12.0 Å². The van der Waals surface area contributed by atoms with Crippen LogP contribution < -0.4 is 0 Å². The number of hydrogen-bond acceptors (Lipinski definition) is 6. The second kappa shape index (κ2) is 4.43. The average Bonchev–Trinajstić information content (AvgIpc) is 2.75. The lowest BCUT2D eigenvalue weighted by Crippen LogP contribution is -2.40. The van der Waals surface area contributed by atoms with Gasteiger partial charge in [0.25, 0.3) is 5.69 Å². The summed E-state index contributed by atoms with van der Waals surface area (Å²) >= 11 is 0. The van der Waals surface area contributed by atoms with Crippen molar-refractivity contribution in [1.29, 1.82) is 0 Å². The first-order valence-corrected chi connectivity index (χ1v) is 5.50. The van der Waals surface area contributed by atoms with Crippen molar-refractivity contribution in [3.63, 3.8) is 0 Å². The lowest BCUT2D eigenvalue weighted by atomic mass is 9.86. The summed E-state index contributed by atoms with van der Waals surface area (Å²) < 4.78 is 4.49. The molecule has 0 spiro atoms. The third-order valence-corrected chi connectivity index (χ3v) is 3.22. The summed E-state index contributed by atoms with van der Waals surface area (Å²) in [6.07, 6.45) is -0.0393. The van der Waals surface area contributed by atoms with E-state index in [2.05, 4.69) is 9.73 Å². The number of rotatable bonds is 3. The van der Waals surface area contributed by atoms with Gasteiger partial charge in [-0.3, -0.25) is 15.1 Å². The Kier molecular flexibility index (Phi) is 3.07. The van der Waals surface area contributed by atoms with E-state index in [1.807, 2.05) is 0 Å². The van der Waals surface area contributed by atoms with Crippen LogP contribution in [-0.2, 0) is 15.1 Å². The number of hydrogen-bond donors (Lipinski definition) is 1. The number of fused-ring (bicyclic) bond motifs is 1. The van der Waals surface area contributed by atoms with Crippen molar-refractivity contribution < 1.29 is 19.6 Å². The number of nitrogens with zero attached hydrogens (tertiary/aromatic N) is 2. The van der Waals surface area contributed by atoms with E-state index in [9.17, 15) is 20.0 Å². The van der Waals surface area contributed by atoms with Crippen LogP contribution in [0, 0.1) is 10.1 Å². The highest BCUT2D eigenvalue weighted by molar-refractivity contribution is 5.89. The minimum absolute atomic E-state index is 0.118. The molecule has 0 bridgehead atoms. The highest BCUT2D eigenvalue weighted by Gasteiger charge is 2.44. The number of methoxy groups -OCH3 is 1. The van der Waals surface area contributed by atoms with Crippen LogP contribution in [0.3, 0.4) is 0 Å². The summed E-state index contributed by atoms with van der Waals surface area (Å²) in [6.45, 7) is 1.53. The maximum Gasteiger partial charge on any atom is 0.337 e. The number of ether oxygens (including phenoxy) is 1. The van der Waals surface area contributed by atoms with Crippen LogP contribution in [0.15, 0.2) is 23.2 Å². The van der Waals surface area contributed by atoms with Gasteiger partial charge in [0.2, 0.25) is 0 Å². The SMILES string of the molecule is COC(=O)C(O)C1(C)N=Cc2ccc([N+](=O)[O-])cc21. The number of aliphatic hydroxyl groups excluding tert-OH is 1. The van der Waals surface area contributed by atoms with Gasteiger partial charge in [0.15, 0.2) is 6.10 Å². The van der Waals surface area contributed by atoms with Crippen LogP contribution in [0.2, 0.25) is 0 Å². The first kappa shape index (κ1) is 13.2. The topological polar surface area (TPSA) is 102 Å². The van der Waals surface area contributed by atoms with Crippen molar-refractivity contribution in [2.45, 2.75) is 18.6 Å². The van der Waals surface area contributed by atoms with E-state index in [4.69, 9.17) is 0 Å². The first-order chi connectivity index (χ1) is 8.90. The smallest absolute Gasteiger partial charge is 0.337 e. The summed E-state index contributed by atoms with van der Waals surface area (Å²) in [7, 11) is 1.15. The van der Waals surface area contributed by atoms with E-state index in [1.165, 1.54) is 31.3 Å². The number of esters is 1. The molecule has 1 aliphatic heterocycles. The molecule has 0 amide bonds. The molecule has 7 nitrogen and oxygen atoms in total. The highest BCUT2D eigenvalue weighted by atomic mass is 16.6. The number of carbonyl (C=O) groups is 1. The van der Waals surface area contributed by atoms with Gasteiger partial charge >= 0.3 is 5.97 Å².